The van der Waals surface area contributed by atoms with E-state index in [-0.39, 0.29) is 5.92 Å². The average molecular weight is 295 g/mol. The monoisotopic (exact) mass is 295 g/mol. The molecular weight excluding hydrogens is 278 g/mol. The van der Waals surface area contributed by atoms with Crippen LogP contribution in [0.4, 0.5) is 0 Å². The van der Waals surface area contributed by atoms with Gasteiger partial charge in [-0.05, 0) is 39.4 Å². The first-order valence-electron chi connectivity index (χ1n) is 6.03. The second-order valence-corrected chi connectivity index (χ2v) is 7.27. The van der Waals surface area contributed by atoms with Gasteiger partial charge in [0.05, 0.1) is 6.26 Å². The first kappa shape index (κ1) is 14.2. The van der Waals surface area contributed by atoms with E-state index in [0.717, 1.165) is 5.56 Å². The Labute approximate surface area is 118 Å². The summed E-state index contributed by atoms with van der Waals surface area (Å²) in [4.78, 5) is 0. The van der Waals surface area contributed by atoms with Crippen molar-refractivity contribution in [3.8, 4) is 11.1 Å². The van der Waals surface area contributed by atoms with Crippen LogP contribution in [0.15, 0.2) is 41.1 Å². The Morgan fingerprint density at radius 1 is 1.16 bits per heavy atom. The highest BCUT2D eigenvalue weighted by molar-refractivity contribution is 7.88. The van der Waals surface area contributed by atoms with E-state index >= 15 is 0 Å². The SMILES string of the molecule is C[C@H](CNS(C)(=O)=O)c1ccc(-c2ccsc2)cc1. The molecule has 1 atom stereocenters. The van der Waals surface area contributed by atoms with Gasteiger partial charge in [-0.2, -0.15) is 11.3 Å². The highest BCUT2D eigenvalue weighted by Crippen LogP contribution is 2.24. The molecule has 1 N–H and O–H groups in total. The van der Waals surface area contributed by atoms with Crippen molar-refractivity contribution in [1.29, 1.82) is 0 Å². The van der Waals surface area contributed by atoms with Crippen LogP contribution in [0.1, 0.15) is 18.4 Å². The third kappa shape index (κ3) is 4.16. The highest BCUT2D eigenvalue weighted by atomic mass is 32.2. The summed E-state index contributed by atoms with van der Waals surface area (Å²) in [7, 11) is -3.12. The van der Waals surface area contributed by atoms with Gasteiger partial charge in [0.1, 0.15) is 0 Å². The molecule has 0 fully saturated rings. The molecule has 2 aromatic rings. The van der Waals surface area contributed by atoms with Crippen LogP contribution in [0, 0.1) is 0 Å². The number of rotatable bonds is 5. The van der Waals surface area contributed by atoms with E-state index in [1.165, 1.54) is 17.4 Å². The van der Waals surface area contributed by atoms with E-state index in [2.05, 4.69) is 45.8 Å². The van der Waals surface area contributed by atoms with Gasteiger partial charge in [0.2, 0.25) is 10.0 Å². The molecule has 1 aromatic carbocycles. The lowest BCUT2D eigenvalue weighted by molar-refractivity contribution is 0.581. The molecule has 5 heteroatoms. The van der Waals surface area contributed by atoms with Crippen LogP contribution < -0.4 is 4.72 Å². The summed E-state index contributed by atoms with van der Waals surface area (Å²) in [5.74, 6) is 0.159. The standard InChI is InChI=1S/C14H17NO2S2/c1-11(9-15-19(2,16)17)12-3-5-13(6-4-12)14-7-8-18-10-14/h3-8,10-11,15H,9H2,1-2H3/t11-/m1/s1. The van der Waals surface area contributed by atoms with Crippen molar-refractivity contribution < 1.29 is 8.42 Å². The van der Waals surface area contributed by atoms with Crippen LogP contribution in [0.2, 0.25) is 0 Å². The van der Waals surface area contributed by atoms with E-state index in [1.807, 2.05) is 6.92 Å². The molecule has 0 radical (unpaired) electrons. The van der Waals surface area contributed by atoms with Crippen molar-refractivity contribution in [3.63, 3.8) is 0 Å². The van der Waals surface area contributed by atoms with Gasteiger partial charge in [0.15, 0.2) is 0 Å². The molecule has 0 bridgehead atoms. The van der Waals surface area contributed by atoms with Crippen molar-refractivity contribution in [2.24, 2.45) is 0 Å². The van der Waals surface area contributed by atoms with Gasteiger partial charge in [-0.3, -0.25) is 0 Å². The number of hydrogen-bond acceptors (Lipinski definition) is 3. The number of nitrogens with one attached hydrogen (secondary N) is 1. The minimum Gasteiger partial charge on any atom is -0.215 e. The third-order valence-electron chi connectivity index (χ3n) is 2.99. The van der Waals surface area contributed by atoms with Crippen LogP contribution >= 0.6 is 11.3 Å². The van der Waals surface area contributed by atoms with Crippen LogP contribution in [0.5, 0.6) is 0 Å². The number of benzene rings is 1. The smallest absolute Gasteiger partial charge is 0.208 e. The summed E-state index contributed by atoms with van der Waals surface area (Å²) in [6.07, 6.45) is 1.18. The van der Waals surface area contributed by atoms with Crippen molar-refractivity contribution >= 4 is 21.4 Å². The Balaban J connectivity index is 2.06. The number of hydrogen-bond donors (Lipinski definition) is 1. The Kier molecular flexibility index (Phi) is 4.39. The molecule has 3 nitrogen and oxygen atoms in total. The summed E-state index contributed by atoms with van der Waals surface area (Å²) in [5, 5.41) is 4.17. The molecule has 102 valence electrons. The van der Waals surface area contributed by atoms with Gasteiger partial charge in [-0.1, -0.05) is 31.2 Å². The minimum atomic E-state index is -3.12. The number of thiophene rings is 1. The predicted molar refractivity (Wildman–Crippen MR) is 81.0 cm³/mol. The maximum atomic E-state index is 11.1. The fourth-order valence-electron chi connectivity index (χ4n) is 1.83. The van der Waals surface area contributed by atoms with Crippen molar-refractivity contribution in [2.75, 3.05) is 12.8 Å². The van der Waals surface area contributed by atoms with E-state index in [9.17, 15) is 8.42 Å². The second kappa shape index (κ2) is 5.86. The predicted octanol–water partition coefficient (Wildman–Crippen LogP) is 3.07. The largest absolute Gasteiger partial charge is 0.215 e. The maximum absolute atomic E-state index is 11.1. The molecule has 0 spiro atoms. The molecule has 0 unspecified atom stereocenters. The minimum absolute atomic E-state index is 0.159. The second-order valence-electron chi connectivity index (χ2n) is 4.66. The zero-order chi connectivity index (χ0) is 13.9. The zero-order valence-corrected chi connectivity index (χ0v) is 12.6. The molecule has 0 aliphatic heterocycles. The maximum Gasteiger partial charge on any atom is 0.208 e. The zero-order valence-electron chi connectivity index (χ0n) is 11.0. The van der Waals surface area contributed by atoms with Gasteiger partial charge in [0.25, 0.3) is 0 Å². The van der Waals surface area contributed by atoms with Gasteiger partial charge in [-0.25, -0.2) is 13.1 Å². The summed E-state index contributed by atoms with van der Waals surface area (Å²) in [6.45, 7) is 2.44. The topological polar surface area (TPSA) is 46.2 Å². The fourth-order valence-corrected chi connectivity index (χ4v) is 3.04. The molecule has 19 heavy (non-hydrogen) atoms. The molecule has 1 aromatic heterocycles. The summed E-state index contributed by atoms with van der Waals surface area (Å²) in [5.41, 5.74) is 3.54. The highest BCUT2D eigenvalue weighted by Gasteiger charge is 2.09. The lowest BCUT2D eigenvalue weighted by Gasteiger charge is -2.12. The molecule has 0 saturated heterocycles. The molecule has 0 aliphatic carbocycles. The summed E-state index contributed by atoms with van der Waals surface area (Å²) in [6, 6.07) is 10.4. The summed E-state index contributed by atoms with van der Waals surface area (Å²) >= 11 is 1.68. The van der Waals surface area contributed by atoms with Crippen molar-refractivity contribution in [1.82, 2.24) is 4.72 Å². The summed E-state index contributed by atoms with van der Waals surface area (Å²) < 4.78 is 24.7. The molecule has 0 aliphatic rings. The van der Waals surface area contributed by atoms with Crippen LogP contribution in [0.25, 0.3) is 11.1 Å². The molecule has 2 rings (SSSR count). The van der Waals surface area contributed by atoms with E-state index < -0.39 is 10.0 Å². The first-order chi connectivity index (χ1) is 8.96. The van der Waals surface area contributed by atoms with Crippen LogP contribution in [-0.4, -0.2) is 21.2 Å². The van der Waals surface area contributed by atoms with E-state index in [0.29, 0.717) is 6.54 Å². The van der Waals surface area contributed by atoms with E-state index in [1.54, 1.807) is 11.3 Å². The molecule has 1 heterocycles. The van der Waals surface area contributed by atoms with Crippen LogP contribution in [-0.2, 0) is 10.0 Å². The molecule has 0 saturated carbocycles. The van der Waals surface area contributed by atoms with Gasteiger partial charge in [-0.15, -0.1) is 0 Å². The fraction of sp³-hybridized carbons (Fsp3) is 0.286. The van der Waals surface area contributed by atoms with Gasteiger partial charge < -0.3 is 0 Å². The molecular formula is C14H17NO2S2. The Morgan fingerprint density at radius 3 is 2.37 bits per heavy atom. The first-order valence-corrected chi connectivity index (χ1v) is 8.86. The van der Waals surface area contributed by atoms with Crippen molar-refractivity contribution in [2.45, 2.75) is 12.8 Å². The van der Waals surface area contributed by atoms with E-state index in [4.69, 9.17) is 0 Å². The lowest BCUT2D eigenvalue weighted by atomic mass is 9.99. The Morgan fingerprint density at radius 2 is 1.84 bits per heavy atom. The lowest BCUT2D eigenvalue weighted by Crippen LogP contribution is -2.26. The molecule has 0 amide bonds. The van der Waals surface area contributed by atoms with Crippen LogP contribution in [0.3, 0.4) is 0 Å². The number of sulfonamides is 1. The van der Waals surface area contributed by atoms with Crippen molar-refractivity contribution in [3.05, 3.63) is 46.7 Å². The Bertz CT molecular complexity index is 616. The normalized spacial score (nSPS) is 13.4. The van der Waals surface area contributed by atoms with Gasteiger partial charge >= 0.3 is 0 Å². The average Bonchev–Trinajstić information content (AvgIpc) is 2.89. The quantitative estimate of drug-likeness (QED) is 0.921. The van der Waals surface area contributed by atoms with Gasteiger partial charge in [0, 0.05) is 6.54 Å². The Hall–Kier alpha value is -1.17. The third-order valence-corrected chi connectivity index (χ3v) is 4.36.